The molecule has 2 N–H and O–H groups in total. The van der Waals surface area contributed by atoms with Gasteiger partial charge < -0.3 is 10.4 Å². The van der Waals surface area contributed by atoms with Crippen LogP contribution in [0.15, 0.2) is 18.2 Å². The number of rotatable bonds is 5. The van der Waals surface area contributed by atoms with Crippen LogP contribution in [-0.4, -0.2) is 17.8 Å². The minimum atomic E-state index is 0.169. The van der Waals surface area contributed by atoms with E-state index in [1.165, 1.54) is 16.7 Å². The maximum atomic E-state index is 9.14. The van der Waals surface area contributed by atoms with Crippen molar-refractivity contribution in [2.75, 3.05) is 6.61 Å². The van der Waals surface area contributed by atoms with Crippen LogP contribution in [0.4, 0.5) is 0 Å². The quantitative estimate of drug-likeness (QED) is 0.840. The lowest BCUT2D eigenvalue weighted by Crippen LogP contribution is -2.40. The van der Waals surface area contributed by atoms with Gasteiger partial charge in [0.2, 0.25) is 0 Å². The van der Waals surface area contributed by atoms with Gasteiger partial charge >= 0.3 is 0 Å². The van der Waals surface area contributed by atoms with Crippen LogP contribution in [0, 0.1) is 19.3 Å². The lowest BCUT2D eigenvalue weighted by molar-refractivity contribution is 0.196. The molecule has 1 aromatic carbocycles. The van der Waals surface area contributed by atoms with Gasteiger partial charge in [-0.25, -0.2) is 0 Å². The number of hydrogen-bond donors (Lipinski definition) is 2. The zero-order chi connectivity index (χ0) is 13.8. The van der Waals surface area contributed by atoms with Crippen LogP contribution in [0.5, 0.6) is 0 Å². The number of aliphatic hydroxyl groups excluding tert-OH is 1. The van der Waals surface area contributed by atoms with E-state index in [-0.39, 0.29) is 12.0 Å². The van der Waals surface area contributed by atoms with Gasteiger partial charge in [0.05, 0.1) is 0 Å². The Balaban J connectivity index is 2.64. The van der Waals surface area contributed by atoms with E-state index in [9.17, 15) is 0 Å². The molecule has 0 saturated carbocycles. The van der Waals surface area contributed by atoms with E-state index < -0.39 is 0 Å². The highest BCUT2D eigenvalue weighted by molar-refractivity contribution is 5.29. The monoisotopic (exact) mass is 249 g/mol. The summed E-state index contributed by atoms with van der Waals surface area (Å²) in [6.07, 6.45) is 0.800. The summed E-state index contributed by atoms with van der Waals surface area (Å²) in [6, 6.07) is 6.92. The van der Waals surface area contributed by atoms with Gasteiger partial charge in [0, 0.05) is 19.2 Å². The van der Waals surface area contributed by atoms with Crippen LogP contribution >= 0.6 is 0 Å². The highest BCUT2D eigenvalue weighted by Crippen LogP contribution is 2.22. The summed E-state index contributed by atoms with van der Waals surface area (Å²) in [4.78, 5) is 0. The van der Waals surface area contributed by atoms with Gasteiger partial charge in [-0.15, -0.1) is 0 Å². The fourth-order valence-corrected chi connectivity index (χ4v) is 2.12. The van der Waals surface area contributed by atoms with E-state index in [0.29, 0.717) is 6.04 Å². The third-order valence-electron chi connectivity index (χ3n) is 3.59. The van der Waals surface area contributed by atoms with E-state index >= 15 is 0 Å². The molecule has 1 atom stereocenters. The second kappa shape index (κ2) is 6.35. The average molecular weight is 249 g/mol. The largest absolute Gasteiger partial charge is 0.396 e. The lowest BCUT2D eigenvalue weighted by atomic mass is 9.85. The summed E-state index contributed by atoms with van der Waals surface area (Å²) >= 11 is 0. The summed E-state index contributed by atoms with van der Waals surface area (Å²) in [6.45, 7) is 12.0. The Labute approximate surface area is 111 Å². The summed E-state index contributed by atoms with van der Waals surface area (Å²) in [5.41, 5.74) is 4.15. The van der Waals surface area contributed by atoms with Crippen LogP contribution < -0.4 is 5.32 Å². The first kappa shape index (κ1) is 15.2. The third-order valence-corrected chi connectivity index (χ3v) is 3.59. The summed E-state index contributed by atoms with van der Waals surface area (Å²) in [5.74, 6) is 0. The van der Waals surface area contributed by atoms with E-state index in [1.54, 1.807) is 0 Å². The van der Waals surface area contributed by atoms with Crippen molar-refractivity contribution in [3.8, 4) is 0 Å². The highest BCUT2D eigenvalue weighted by atomic mass is 16.3. The van der Waals surface area contributed by atoms with Crippen LogP contribution in [0.1, 0.15) is 43.9 Å². The average Bonchev–Trinajstić information content (AvgIpc) is 2.27. The molecule has 1 unspecified atom stereocenters. The van der Waals surface area contributed by atoms with Gasteiger partial charge in [-0.2, -0.15) is 0 Å². The third kappa shape index (κ3) is 4.43. The number of aliphatic hydroxyl groups is 1. The summed E-state index contributed by atoms with van der Waals surface area (Å²) in [5, 5.41) is 12.7. The van der Waals surface area contributed by atoms with Gasteiger partial charge in [-0.1, -0.05) is 39.0 Å². The van der Waals surface area contributed by atoms with E-state index in [1.807, 2.05) is 0 Å². The van der Waals surface area contributed by atoms with E-state index in [2.05, 4.69) is 58.1 Å². The van der Waals surface area contributed by atoms with Gasteiger partial charge in [0.1, 0.15) is 0 Å². The van der Waals surface area contributed by atoms with Crippen LogP contribution in [-0.2, 0) is 6.54 Å². The second-order valence-corrected chi connectivity index (χ2v) is 6.23. The molecule has 0 heterocycles. The predicted molar refractivity (Wildman–Crippen MR) is 77.7 cm³/mol. The Morgan fingerprint density at radius 2 is 1.83 bits per heavy atom. The Bertz CT molecular complexity index is 379. The fraction of sp³-hybridized carbons (Fsp3) is 0.625. The van der Waals surface area contributed by atoms with Crippen molar-refractivity contribution in [1.82, 2.24) is 5.32 Å². The van der Waals surface area contributed by atoms with Crippen LogP contribution in [0.2, 0.25) is 0 Å². The van der Waals surface area contributed by atoms with Gasteiger partial charge in [-0.3, -0.25) is 0 Å². The summed E-state index contributed by atoms with van der Waals surface area (Å²) in [7, 11) is 0. The zero-order valence-electron chi connectivity index (χ0n) is 12.4. The van der Waals surface area contributed by atoms with Crippen LogP contribution in [0.3, 0.4) is 0 Å². The molecular weight excluding hydrogens is 222 g/mol. The minimum absolute atomic E-state index is 0.169. The molecule has 0 saturated heterocycles. The number of nitrogens with one attached hydrogen (secondary N) is 1. The molecule has 2 nitrogen and oxygen atoms in total. The minimum Gasteiger partial charge on any atom is -0.396 e. The van der Waals surface area contributed by atoms with E-state index in [4.69, 9.17) is 5.11 Å². The number of aryl methyl sites for hydroxylation is 2. The lowest BCUT2D eigenvalue weighted by Gasteiger charge is -2.31. The Hall–Kier alpha value is -0.860. The second-order valence-electron chi connectivity index (χ2n) is 6.23. The maximum Gasteiger partial charge on any atom is 0.0446 e. The Morgan fingerprint density at radius 3 is 2.33 bits per heavy atom. The molecule has 0 bridgehead atoms. The molecule has 102 valence electrons. The number of benzene rings is 1. The topological polar surface area (TPSA) is 32.3 Å². The molecule has 0 aromatic heterocycles. The molecule has 0 radical (unpaired) electrons. The molecule has 0 aliphatic heterocycles. The first-order chi connectivity index (χ1) is 8.34. The molecule has 2 heteroatoms. The van der Waals surface area contributed by atoms with Gasteiger partial charge in [-0.05, 0) is 42.4 Å². The molecule has 1 rings (SSSR count). The van der Waals surface area contributed by atoms with Crippen molar-refractivity contribution >= 4 is 0 Å². The van der Waals surface area contributed by atoms with Crippen molar-refractivity contribution < 1.29 is 5.11 Å². The van der Waals surface area contributed by atoms with Crippen molar-refractivity contribution in [3.05, 3.63) is 34.9 Å². The van der Waals surface area contributed by atoms with E-state index in [0.717, 1.165) is 13.0 Å². The standard InChI is InChI=1S/C16H27NO/c1-12-6-7-14(10-13(12)2)11-17-15(8-9-18)16(3,4)5/h6-7,10,15,17-18H,8-9,11H2,1-5H3. The maximum absolute atomic E-state index is 9.14. The molecule has 0 amide bonds. The van der Waals surface area contributed by atoms with Crippen molar-refractivity contribution in [1.29, 1.82) is 0 Å². The highest BCUT2D eigenvalue weighted by Gasteiger charge is 2.23. The normalized spacial score (nSPS) is 13.7. The molecule has 0 aliphatic carbocycles. The Morgan fingerprint density at radius 1 is 1.17 bits per heavy atom. The zero-order valence-corrected chi connectivity index (χ0v) is 12.4. The van der Waals surface area contributed by atoms with Gasteiger partial charge in [0.15, 0.2) is 0 Å². The van der Waals surface area contributed by atoms with Crippen LogP contribution in [0.25, 0.3) is 0 Å². The van der Waals surface area contributed by atoms with Crippen molar-refractivity contribution in [3.63, 3.8) is 0 Å². The van der Waals surface area contributed by atoms with Gasteiger partial charge in [0.25, 0.3) is 0 Å². The molecule has 18 heavy (non-hydrogen) atoms. The first-order valence-corrected chi connectivity index (χ1v) is 6.75. The smallest absolute Gasteiger partial charge is 0.0446 e. The molecule has 0 fully saturated rings. The predicted octanol–water partition coefficient (Wildman–Crippen LogP) is 3.19. The summed E-state index contributed by atoms with van der Waals surface area (Å²) < 4.78 is 0. The molecule has 0 spiro atoms. The molecular formula is C16H27NO. The number of hydrogen-bond acceptors (Lipinski definition) is 2. The first-order valence-electron chi connectivity index (χ1n) is 6.75. The SMILES string of the molecule is Cc1ccc(CNC(CCO)C(C)(C)C)cc1C. The van der Waals surface area contributed by atoms with Crippen molar-refractivity contribution in [2.24, 2.45) is 5.41 Å². The van der Waals surface area contributed by atoms with Crippen molar-refractivity contribution in [2.45, 2.75) is 53.6 Å². The molecule has 0 aliphatic rings. The fourth-order valence-electron chi connectivity index (χ4n) is 2.12. The molecule has 1 aromatic rings. The Kier molecular flexibility index (Phi) is 5.36.